The van der Waals surface area contributed by atoms with Crippen molar-refractivity contribution in [3.8, 4) is 5.75 Å². The van der Waals surface area contributed by atoms with Gasteiger partial charge in [0.15, 0.2) is 0 Å². The smallest absolute Gasteiger partial charge is 0.115 e. The van der Waals surface area contributed by atoms with E-state index in [0.717, 1.165) is 18.4 Å². The van der Waals surface area contributed by atoms with E-state index in [1.165, 1.54) is 5.56 Å². The zero-order valence-corrected chi connectivity index (χ0v) is 8.29. The van der Waals surface area contributed by atoms with Gasteiger partial charge in [0, 0.05) is 13.7 Å². The van der Waals surface area contributed by atoms with Gasteiger partial charge in [-0.05, 0) is 36.1 Å². The highest BCUT2D eigenvalue weighted by atomic mass is 16.5. The van der Waals surface area contributed by atoms with Crippen molar-refractivity contribution in [2.24, 2.45) is 5.73 Å². The number of rotatable bonds is 2. The van der Waals surface area contributed by atoms with Crippen LogP contribution in [0.5, 0.6) is 5.75 Å². The summed E-state index contributed by atoms with van der Waals surface area (Å²) in [5.74, 6) is 0.278. The summed E-state index contributed by atoms with van der Waals surface area (Å²) in [6.45, 7) is 0.458. The van der Waals surface area contributed by atoms with Crippen molar-refractivity contribution < 1.29 is 9.84 Å². The van der Waals surface area contributed by atoms with Gasteiger partial charge in [0.05, 0.1) is 0 Å². The van der Waals surface area contributed by atoms with Crippen molar-refractivity contribution in [2.45, 2.75) is 18.4 Å². The SMILES string of the molecule is COC1(CN)CCc2ccc(O)cc21. The third kappa shape index (κ3) is 1.21. The highest BCUT2D eigenvalue weighted by Crippen LogP contribution is 2.40. The van der Waals surface area contributed by atoms with Crippen molar-refractivity contribution in [3.63, 3.8) is 0 Å². The Labute approximate surface area is 83.5 Å². The molecule has 0 saturated heterocycles. The Kier molecular flexibility index (Phi) is 2.21. The fraction of sp³-hybridized carbons (Fsp3) is 0.455. The normalized spacial score (nSPS) is 25.0. The summed E-state index contributed by atoms with van der Waals surface area (Å²) >= 11 is 0. The molecule has 3 N–H and O–H groups in total. The van der Waals surface area contributed by atoms with Gasteiger partial charge in [-0.15, -0.1) is 0 Å². The van der Waals surface area contributed by atoms with Crippen LogP contribution in [0.3, 0.4) is 0 Å². The topological polar surface area (TPSA) is 55.5 Å². The molecule has 14 heavy (non-hydrogen) atoms. The van der Waals surface area contributed by atoms with E-state index in [4.69, 9.17) is 10.5 Å². The molecular weight excluding hydrogens is 178 g/mol. The Morgan fingerprint density at radius 1 is 1.57 bits per heavy atom. The zero-order chi connectivity index (χ0) is 10.2. The number of benzene rings is 1. The summed E-state index contributed by atoms with van der Waals surface area (Å²) in [6.07, 6.45) is 1.87. The predicted octanol–water partition coefficient (Wildman–Crippen LogP) is 1.14. The standard InChI is InChI=1S/C11H15NO2/c1-14-11(7-12)5-4-8-2-3-9(13)6-10(8)11/h2-3,6,13H,4-5,7,12H2,1H3. The lowest BCUT2D eigenvalue weighted by Gasteiger charge is -2.27. The second kappa shape index (κ2) is 3.26. The van der Waals surface area contributed by atoms with Crippen LogP contribution in [-0.2, 0) is 16.8 Å². The lowest BCUT2D eigenvalue weighted by molar-refractivity contribution is -0.00525. The van der Waals surface area contributed by atoms with Crippen LogP contribution in [0.2, 0.25) is 0 Å². The number of ether oxygens (including phenoxy) is 1. The van der Waals surface area contributed by atoms with Crippen LogP contribution in [0.25, 0.3) is 0 Å². The average Bonchev–Trinajstić information content (AvgIpc) is 2.57. The molecule has 0 radical (unpaired) electrons. The maximum absolute atomic E-state index is 9.42. The first kappa shape index (κ1) is 9.49. The fourth-order valence-corrected chi connectivity index (χ4v) is 2.19. The van der Waals surface area contributed by atoms with Crippen LogP contribution >= 0.6 is 0 Å². The lowest BCUT2D eigenvalue weighted by Crippen LogP contribution is -2.34. The minimum absolute atomic E-state index is 0.278. The fourth-order valence-electron chi connectivity index (χ4n) is 2.19. The van der Waals surface area contributed by atoms with Crippen LogP contribution < -0.4 is 5.73 Å². The van der Waals surface area contributed by atoms with Gasteiger partial charge in [-0.25, -0.2) is 0 Å². The molecule has 3 nitrogen and oxygen atoms in total. The first-order valence-electron chi connectivity index (χ1n) is 4.79. The number of fused-ring (bicyclic) bond motifs is 1. The number of methoxy groups -OCH3 is 1. The van der Waals surface area contributed by atoms with Crippen molar-refractivity contribution in [2.75, 3.05) is 13.7 Å². The number of phenols is 1. The average molecular weight is 193 g/mol. The van der Waals surface area contributed by atoms with Gasteiger partial charge in [0.1, 0.15) is 11.4 Å². The number of phenolic OH excluding ortho intramolecular Hbond substituents is 1. The van der Waals surface area contributed by atoms with Crippen molar-refractivity contribution >= 4 is 0 Å². The molecule has 0 bridgehead atoms. The van der Waals surface area contributed by atoms with E-state index in [-0.39, 0.29) is 11.4 Å². The summed E-state index contributed by atoms with van der Waals surface area (Å²) in [5.41, 5.74) is 7.63. The molecule has 1 aliphatic rings. The van der Waals surface area contributed by atoms with Gasteiger partial charge in [0.2, 0.25) is 0 Å². The Bertz CT molecular complexity index is 345. The maximum Gasteiger partial charge on any atom is 0.115 e. The zero-order valence-electron chi connectivity index (χ0n) is 8.29. The monoisotopic (exact) mass is 193 g/mol. The summed E-state index contributed by atoms with van der Waals surface area (Å²) in [6, 6.07) is 5.42. The van der Waals surface area contributed by atoms with E-state index in [0.29, 0.717) is 6.54 Å². The third-order valence-electron chi connectivity index (χ3n) is 3.10. The Balaban J connectivity index is 2.51. The molecule has 0 heterocycles. The van der Waals surface area contributed by atoms with E-state index in [2.05, 4.69) is 0 Å². The van der Waals surface area contributed by atoms with Crippen LogP contribution in [-0.4, -0.2) is 18.8 Å². The maximum atomic E-state index is 9.42. The molecule has 1 aliphatic carbocycles. The molecule has 1 atom stereocenters. The first-order chi connectivity index (χ1) is 6.72. The second-order valence-corrected chi connectivity index (χ2v) is 3.74. The van der Waals surface area contributed by atoms with Gasteiger partial charge in [-0.2, -0.15) is 0 Å². The molecular formula is C11H15NO2. The van der Waals surface area contributed by atoms with Crippen LogP contribution in [0.4, 0.5) is 0 Å². The molecule has 0 saturated carbocycles. The molecule has 0 amide bonds. The van der Waals surface area contributed by atoms with Gasteiger partial charge in [0.25, 0.3) is 0 Å². The number of aromatic hydroxyl groups is 1. The molecule has 0 spiro atoms. The first-order valence-corrected chi connectivity index (χ1v) is 4.79. The van der Waals surface area contributed by atoms with Gasteiger partial charge in [-0.1, -0.05) is 6.07 Å². The Morgan fingerprint density at radius 3 is 3.00 bits per heavy atom. The van der Waals surface area contributed by atoms with Crippen molar-refractivity contribution in [1.82, 2.24) is 0 Å². The second-order valence-electron chi connectivity index (χ2n) is 3.74. The summed E-state index contributed by atoms with van der Waals surface area (Å²) < 4.78 is 5.49. The molecule has 1 aromatic carbocycles. The van der Waals surface area contributed by atoms with E-state index in [9.17, 15) is 5.11 Å². The van der Waals surface area contributed by atoms with Crippen molar-refractivity contribution in [3.05, 3.63) is 29.3 Å². The minimum Gasteiger partial charge on any atom is -0.508 e. The summed E-state index contributed by atoms with van der Waals surface area (Å²) in [5, 5.41) is 9.42. The van der Waals surface area contributed by atoms with E-state index < -0.39 is 0 Å². The van der Waals surface area contributed by atoms with E-state index in [1.54, 1.807) is 19.2 Å². The quantitative estimate of drug-likeness (QED) is 0.740. The molecule has 0 aliphatic heterocycles. The Hall–Kier alpha value is -1.06. The number of aryl methyl sites for hydroxylation is 1. The summed E-state index contributed by atoms with van der Waals surface area (Å²) in [4.78, 5) is 0. The summed E-state index contributed by atoms with van der Waals surface area (Å²) in [7, 11) is 1.67. The molecule has 3 heteroatoms. The predicted molar refractivity (Wildman–Crippen MR) is 54.2 cm³/mol. The third-order valence-corrected chi connectivity index (χ3v) is 3.10. The van der Waals surface area contributed by atoms with Gasteiger partial charge < -0.3 is 15.6 Å². The molecule has 0 aromatic heterocycles. The molecule has 1 unspecified atom stereocenters. The molecule has 1 aromatic rings. The minimum atomic E-state index is -0.381. The van der Waals surface area contributed by atoms with E-state index >= 15 is 0 Å². The Morgan fingerprint density at radius 2 is 2.36 bits per heavy atom. The molecule has 0 fully saturated rings. The van der Waals surface area contributed by atoms with Crippen molar-refractivity contribution in [1.29, 1.82) is 0 Å². The van der Waals surface area contributed by atoms with Gasteiger partial charge >= 0.3 is 0 Å². The van der Waals surface area contributed by atoms with Gasteiger partial charge in [-0.3, -0.25) is 0 Å². The highest BCUT2D eigenvalue weighted by Gasteiger charge is 2.37. The largest absolute Gasteiger partial charge is 0.508 e. The van der Waals surface area contributed by atoms with Crippen LogP contribution in [0, 0.1) is 0 Å². The van der Waals surface area contributed by atoms with Crippen LogP contribution in [0.1, 0.15) is 17.5 Å². The lowest BCUT2D eigenvalue weighted by atomic mass is 9.96. The molecule has 2 rings (SSSR count). The van der Waals surface area contributed by atoms with E-state index in [1.807, 2.05) is 6.07 Å². The number of hydrogen-bond donors (Lipinski definition) is 2. The molecule has 76 valence electrons. The number of hydrogen-bond acceptors (Lipinski definition) is 3. The number of nitrogens with two attached hydrogens (primary N) is 1. The highest BCUT2D eigenvalue weighted by molar-refractivity contribution is 5.42. The van der Waals surface area contributed by atoms with Crippen LogP contribution in [0.15, 0.2) is 18.2 Å².